The Bertz CT molecular complexity index is 557. The van der Waals surface area contributed by atoms with Crippen LogP contribution in [0.2, 0.25) is 0 Å². The van der Waals surface area contributed by atoms with Gasteiger partial charge < -0.3 is 9.47 Å². The third-order valence-corrected chi connectivity index (χ3v) is 3.97. The number of methoxy groups -OCH3 is 1. The van der Waals surface area contributed by atoms with Crippen molar-refractivity contribution in [3.8, 4) is 5.75 Å². The second kappa shape index (κ2) is 4.37. The standard InChI is InChI=1S/C14H11BrO3/c1-17-9-4-2-8(3-5-9)12-10-6-7-11(18-10)14(16)13(12)15/h2-7,10-11H,1H3/t10-,11+/m0/s1. The van der Waals surface area contributed by atoms with Gasteiger partial charge in [0.2, 0.25) is 5.78 Å². The van der Waals surface area contributed by atoms with E-state index in [1.165, 1.54) is 0 Å². The first-order valence-electron chi connectivity index (χ1n) is 5.63. The van der Waals surface area contributed by atoms with Gasteiger partial charge in [-0.3, -0.25) is 4.79 Å². The zero-order valence-electron chi connectivity index (χ0n) is 9.72. The Morgan fingerprint density at radius 3 is 2.50 bits per heavy atom. The van der Waals surface area contributed by atoms with E-state index in [1.807, 2.05) is 36.4 Å². The van der Waals surface area contributed by atoms with Crippen molar-refractivity contribution in [3.05, 3.63) is 46.5 Å². The highest BCUT2D eigenvalue weighted by Crippen LogP contribution is 2.38. The monoisotopic (exact) mass is 306 g/mol. The molecule has 0 aliphatic carbocycles. The van der Waals surface area contributed by atoms with E-state index >= 15 is 0 Å². The minimum Gasteiger partial charge on any atom is -0.497 e. The molecule has 3 rings (SSSR count). The molecule has 1 aromatic carbocycles. The summed E-state index contributed by atoms with van der Waals surface area (Å²) in [5, 5.41) is 0. The van der Waals surface area contributed by atoms with Crippen molar-refractivity contribution in [1.29, 1.82) is 0 Å². The SMILES string of the molecule is COc1ccc(C2=C(Br)C(=O)[C@H]3C=C[C@@H]2O3)cc1. The van der Waals surface area contributed by atoms with Crippen molar-refractivity contribution in [2.45, 2.75) is 12.2 Å². The van der Waals surface area contributed by atoms with Gasteiger partial charge in [-0.25, -0.2) is 0 Å². The Morgan fingerprint density at radius 1 is 1.17 bits per heavy atom. The first-order valence-corrected chi connectivity index (χ1v) is 6.42. The first kappa shape index (κ1) is 11.7. The number of carbonyl (C=O) groups is 1. The average molecular weight is 307 g/mol. The number of halogens is 1. The van der Waals surface area contributed by atoms with Crippen LogP contribution < -0.4 is 4.74 Å². The summed E-state index contributed by atoms with van der Waals surface area (Å²) in [5.74, 6) is 0.768. The van der Waals surface area contributed by atoms with Crippen molar-refractivity contribution in [2.75, 3.05) is 7.11 Å². The summed E-state index contributed by atoms with van der Waals surface area (Å²) in [4.78, 5) is 12.0. The molecular weight excluding hydrogens is 296 g/mol. The van der Waals surface area contributed by atoms with Crippen molar-refractivity contribution < 1.29 is 14.3 Å². The second-order valence-electron chi connectivity index (χ2n) is 4.18. The van der Waals surface area contributed by atoms with Gasteiger partial charge in [-0.15, -0.1) is 0 Å². The topological polar surface area (TPSA) is 35.5 Å². The molecule has 0 unspecified atom stereocenters. The molecule has 0 spiro atoms. The van der Waals surface area contributed by atoms with Gasteiger partial charge in [0.05, 0.1) is 11.6 Å². The van der Waals surface area contributed by atoms with E-state index in [9.17, 15) is 4.79 Å². The van der Waals surface area contributed by atoms with Gasteiger partial charge in [0, 0.05) is 5.57 Å². The van der Waals surface area contributed by atoms with Crippen molar-refractivity contribution in [1.82, 2.24) is 0 Å². The Morgan fingerprint density at radius 2 is 1.83 bits per heavy atom. The van der Waals surface area contributed by atoms with Crippen molar-refractivity contribution in [2.24, 2.45) is 0 Å². The molecule has 92 valence electrons. The molecule has 4 heteroatoms. The van der Waals surface area contributed by atoms with E-state index < -0.39 is 6.10 Å². The predicted molar refractivity (Wildman–Crippen MR) is 71.6 cm³/mol. The fourth-order valence-electron chi connectivity index (χ4n) is 2.21. The molecule has 18 heavy (non-hydrogen) atoms. The smallest absolute Gasteiger partial charge is 0.202 e. The van der Waals surface area contributed by atoms with Crippen LogP contribution >= 0.6 is 15.9 Å². The highest BCUT2D eigenvalue weighted by molar-refractivity contribution is 9.12. The van der Waals surface area contributed by atoms with E-state index in [0.29, 0.717) is 4.48 Å². The van der Waals surface area contributed by atoms with Crippen LogP contribution in [-0.4, -0.2) is 25.1 Å². The van der Waals surface area contributed by atoms with Crippen LogP contribution in [0.3, 0.4) is 0 Å². The lowest BCUT2D eigenvalue weighted by Crippen LogP contribution is -2.29. The third kappa shape index (κ3) is 1.72. The van der Waals surface area contributed by atoms with Crippen LogP contribution in [-0.2, 0) is 9.53 Å². The molecule has 1 aromatic rings. The number of ether oxygens (including phenoxy) is 2. The zero-order chi connectivity index (χ0) is 12.7. The van der Waals surface area contributed by atoms with Gasteiger partial charge in [0.25, 0.3) is 0 Å². The fourth-order valence-corrected chi connectivity index (χ4v) is 2.89. The molecule has 0 radical (unpaired) electrons. The molecule has 3 nitrogen and oxygen atoms in total. The highest BCUT2D eigenvalue weighted by Gasteiger charge is 2.37. The second-order valence-corrected chi connectivity index (χ2v) is 4.98. The van der Waals surface area contributed by atoms with Crippen LogP contribution in [0.25, 0.3) is 5.57 Å². The number of hydrogen-bond acceptors (Lipinski definition) is 3. The first-order chi connectivity index (χ1) is 8.70. The van der Waals surface area contributed by atoms with E-state index in [4.69, 9.17) is 9.47 Å². The maximum Gasteiger partial charge on any atom is 0.202 e. The van der Waals surface area contributed by atoms with Crippen molar-refractivity contribution >= 4 is 27.3 Å². The summed E-state index contributed by atoms with van der Waals surface area (Å²) in [6.45, 7) is 0. The zero-order valence-corrected chi connectivity index (χ0v) is 11.3. The largest absolute Gasteiger partial charge is 0.497 e. The summed E-state index contributed by atoms with van der Waals surface area (Å²) in [6.07, 6.45) is 3.17. The number of Topliss-reactive ketones (excluding diaryl/α,β-unsaturated/α-hetero) is 1. The van der Waals surface area contributed by atoms with Crippen LogP contribution in [0, 0.1) is 0 Å². The molecule has 0 aromatic heterocycles. The lowest BCUT2D eigenvalue weighted by Gasteiger charge is -2.24. The number of fused-ring (bicyclic) bond motifs is 2. The predicted octanol–water partition coefficient (Wildman–Crippen LogP) is 2.71. The number of benzene rings is 1. The van der Waals surface area contributed by atoms with Crippen LogP contribution in [0.5, 0.6) is 5.75 Å². The van der Waals surface area contributed by atoms with Crippen LogP contribution in [0.1, 0.15) is 5.56 Å². The molecule has 0 amide bonds. The van der Waals surface area contributed by atoms with E-state index in [1.54, 1.807) is 7.11 Å². The summed E-state index contributed by atoms with van der Waals surface area (Å²) >= 11 is 3.39. The molecule has 2 aliphatic heterocycles. The van der Waals surface area contributed by atoms with Crippen LogP contribution in [0.4, 0.5) is 0 Å². The summed E-state index contributed by atoms with van der Waals surface area (Å²) < 4.78 is 11.4. The number of ketones is 1. The van der Waals surface area contributed by atoms with E-state index in [0.717, 1.165) is 16.9 Å². The average Bonchev–Trinajstić information content (AvgIpc) is 2.83. The molecule has 2 atom stereocenters. The molecular formula is C14H11BrO3. The van der Waals surface area contributed by atoms with Gasteiger partial charge in [-0.2, -0.15) is 0 Å². The van der Waals surface area contributed by atoms with Crippen molar-refractivity contribution in [3.63, 3.8) is 0 Å². The van der Waals surface area contributed by atoms with Gasteiger partial charge in [-0.05, 0) is 39.7 Å². The normalized spacial score (nSPS) is 25.8. The number of rotatable bonds is 2. The van der Waals surface area contributed by atoms with Gasteiger partial charge in [0.1, 0.15) is 18.0 Å². The number of hydrogen-bond donors (Lipinski definition) is 0. The summed E-state index contributed by atoms with van der Waals surface area (Å²) in [6, 6.07) is 7.60. The Hall–Kier alpha value is -1.39. The summed E-state index contributed by atoms with van der Waals surface area (Å²) in [7, 11) is 1.63. The lowest BCUT2D eigenvalue weighted by atomic mass is 9.98. The highest BCUT2D eigenvalue weighted by atomic mass is 79.9. The summed E-state index contributed by atoms with van der Waals surface area (Å²) in [5.41, 5.74) is 1.85. The molecule has 0 saturated carbocycles. The molecule has 0 fully saturated rings. The molecule has 0 N–H and O–H groups in total. The molecule has 2 aliphatic rings. The Kier molecular flexibility index (Phi) is 2.84. The Labute approximate surface area is 113 Å². The van der Waals surface area contributed by atoms with E-state index in [2.05, 4.69) is 15.9 Å². The third-order valence-electron chi connectivity index (χ3n) is 3.15. The minimum absolute atomic E-state index is 0.0224. The van der Waals surface area contributed by atoms with Gasteiger partial charge in [0.15, 0.2) is 0 Å². The molecule has 2 heterocycles. The molecule has 2 bridgehead atoms. The molecule has 0 saturated heterocycles. The maximum atomic E-state index is 12.0. The van der Waals surface area contributed by atoms with Gasteiger partial charge >= 0.3 is 0 Å². The Balaban J connectivity index is 2.06. The fraction of sp³-hybridized carbons (Fsp3) is 0.214. The quantitative estimate of drug-likeness (QED) is 0.788. The van der Waals surface area contributed by atoms with E-state index in [-0.39, 0.29) is 11.9 Å². The maximum absolute atomic E-state index is 12.0. The minimum atomic E-state index is -0.425. The lowest BCUT2D eigenvalue weighted by molar-refractivity contribution is -0.123. The number of carbonyl (C=O) groups excluding carboxylic acids is 1. The van der Waals surface area contributed by atoms with Crippen LogP contribution in [0.15, 0.2) is 40.9 Å². The van der Waals surface area contributed by atoms with Gasteiger partial charge in [-0.1, -0.05) is 18.2 Å².